The van der Waals surface area contributed by atoms with Crippen LogP contribution in [0.15, 0.2) is 47.6 Å². The van der Waals surface area contributed by atoms with Gasteiger partial charge < -0.3 is 14.8 Å². The summed E-state index contributed by atoms with van der Waals surface area (Å²) in [7, 11) is 1.56. The molecular formula is C20H23N3O4. The van der Waals surface area contributed by atoms with Crippen LogP contribution in [0.5, 0.6) is 11.5 Å². The maximum absolute atomic E-state index is 11.9. The molecule has 0 spiro atoms. The number of carbonyl (C=O) groups is 2. The first kappa shape index (κ1) is 20.0. The van der Waals surface area contributed by atoms with Crippen molar-refractivity contribution >= 4 is 23.7 Å². The van der Waals surface area contributed by atoms with Crippen LogP contribution in [-0.2, 0) is 9.59 Å². The molecule has 2 N–H and O–H groups in total. The molecule has 0 heterocycles. The minimum atomic E-state index is -0.505. The van der Waals surface area contributed by atoms with Gasteiger partial charge in [-0.1, -0.05) is 17.7 Å². The number of hydrogen-bond acceptors (Lipinski definition) is 5. The van der Waals surface area contributed by atoms with E-state index in [0.29, 0.717) is 23.8 Å². The highest BCUT2D eigenvalue weighted by Crippen LogP contribution is 2.27. The van der Waals surface area contributed by atoms with Crippen LogP contribution >= 0.6 is 0 Å². The number of hydrazone groups is 1. The smallest absolute Gasteiger partial charge is 0.249 e. The maximum Gasteiger partial charge on any atom is 0.249 e. The molecule has 0 atom stereocenters. The third-order valence-corrected chi connectivity index (χ3v) is 3.55. The predicted octanol–water partition coefficient (Wildman–Crippen LogP) is 2.88. The van der Waals surface area contributed by atoms with Crippen molar-refractivity contribution in [2.45, 2.75) is 20.3 Å². The fourth-order valence-corrected chi connectivity index (χ4v) is 2.25. The Morgan fingerprint density at radius 3 is 2.48 bits per heavy atom. The number of rotatable bonds is 8. The second kappa shape index (κ2) is 9.96. The van der Waals surface area contributed by atoms with Gasteiger partial charge in [-0.25, -0.2) is 5.43 Å². The van der Waals surface area contributed by atoms with Gasteiger partial charge in [0.1, 0.15) is 6.42 Å². The summed E-state index contributed by atoms with van der Waals surface area (Å²) in [4.78, 5) is 23.7. The second-order valence-electron chi connectivity index (χ2n) is 5.73. The van der Waals surface area contributed by atoms with E-state index < -0.39 is 11.8 Å². The number of ether oxygens (including phenoxy) is 2. The summed E-state index contributed by atoms with van der Waals surface area (Å²) in [5, 5.41) is 6.53. The summed E-state index contributed by atoms with van der Waals surface area (Å²) in [6.07, 6.45) is 1.15. The van der Waals surface area contributed by atoms with Crippen LogP contribution in [0.25, 0.3) is 0 Å². The fraction of sp³-hybridized carbons (Fsp3) is 0.250. The molecule has 2 amide bonds. The van der Waals surface area contributed by atoms with E-state index in [4.69, 9.17) is 9.47 Å². The summed E-state index contributed by atoms with van der Waals surface area (Å²) < 4.78 is 10.7. The molecule has 27 heavy (non-hydrogen) atoms. The van der Waals surface area contributed by atoms with Crippen LogP contribution in [0, 0.1) is 6.92 Å². The van der Waals surface area contributed by atoms with Crippen molar-refractivity contribution < 1.29 is 19.1 Å². The van der Waals surface area contributed by atoms with Crippen molar-refractivity contribution in [2.24, 2.45) is 5.10 Å². The molecule has 2 aromatic carbocycles. The highest BCUT2D eigenvalue weighted by atomic mass is 16.5. The van der Waals surface area contributed by atoms with Crippen molar-refractivity contribution in [1.29, 1.82) is 0 Å². The van der Waals surface area contributed by atoms with E-state index in [1.807, 2.05) is 26.0 Å². The Labute approximate surface area is 158 Å². The van der Waals surface area contributed by atoms with Crippen molar-refractivity contribution in [1.82, 2.24) is 5.43 Å². The van der Waals surface area contributed by atoms with Crippen LogP contribution in [0.2, 0.25) is 0 Å². The molecule has 0 aromatic heterocycles. The van der Waals surface area contributed by atoms with Gasteiger partial charge in [0.2, 0.25) is 11.8 Å². The van der Waals surface area contributed by atoms with E-state index in [2.05, 4.69) is 15.8 Å². The lowest BCUT2D eigenvalue weighted by Crippen LogP contribution is -2.24. The number of nitrogens with zero attached hydrogens (tertiary/aromatic N) is 1. The lowest BCUT2D eigenvalue weighted by atomic mass is 10.2. The monoisotopic (exact) mass is 369 g/mol. The lowest BCUT2D eigenvalue weighted by Gasteiger charge is -2.09. The number of aryl methyl sites for hydroxylation is 1. The van der Waals surface area contributed by atoms with Crippen molar-refractivity contribution in [2.75, 3.05) is 19.0 Å². The average molecular weight is 369 g/mol. The molecule has 2 rings (SSSR count). The number of methoxy groups -OCH3 is 1. The van der Waals surface area contributed by atoms with E-state index in [-0.39, 0.29) is 6.42 Å². The minimum absolute atomic E-state index is 0.321. The molecule has 0 aliphatic heterocycles. The largest absolute Gasteiger partial charge is 0.493 e. The number of carbonyl (C=O) groups excluding carboxylic acids is 2. The highest BCUT2D eigenvalue weighted by molar-refractivity contribution is 6.03. The summed E-state index contributed by atoms with van der Waals surface area (Å²) >= 11 is 0. The van der Waals surface area contributed by atoms with Gasteiger partial charge in [-0.05, 0) is 49.7 Å². The molecular weight excluding hydrogens is 346 g/mol. The van der Waals surface area contributed by atoms with Crippen molar-refractivity contribution in [3.63, 3.8) is 0 Å². The summed E-state index contributed by atoms with van der Waals surface area (Å²) in [6, 6.07) is 12.6. The molecule has 7 heteroatoms. The topological polar surface area (TPSA) is 89.0 Å². The van der Waals surface area contributed by atoms with Crippen molar-refractivity contribution in [3.8, 4) is 11.5 Å². The van der Waals surface area contributed by atoms with E-state index in [9.17, 15) is 9.59 Å². The van der Waals surface area contributed by atoms with E-state index in [0.717, 1.165) is 11.1 Å². The van der Waals surface area contributed by atoms with E-state index in [1.165, 1.54) is 6.21 Å². The van der Waals surface area contributed by atoms with Gasteiger partial charge in [0.15, 0.2) is 11.5 Å². The number of anilines is 1. The Balaban J connectivity index is 1.86. The second-order valence-corrected chi connectivity index (χ2v) is 5.73. The van der Waals surface area contributed by atoms with E-state index in [1.54, 1.807) is 37.4 Å². The highest BCUT2D eigenvalue weighted by Gasteiger charge is 2.09. The standard InChI is InChI=1S/C20H23N3O4/c1-4-27-18-11-15(7-10-17(18)26-3)13-21-23-20(25)12-19(24)22-16-8-5-14(2)6-9-16/h5-11,13H,4,12H2,1-3H3,(H,22,24)(H,23,25). The van der Waals surface area contributed by atoms with Crippen LogP contribution in [0.4, 0.5) is 5.69 Å². The molecule has 0 radical (unpaired) electrons. The number of amides is 2. The SMILES string of the molecule is CCOc1cc(C=NNC(=O)CC(=O)Nc2ccc(C)cc2)ccc1OC. The van der Waals surface area contributed by atoms with Gasteiger partial charge >= 0.3 is 0 Å². The Morgan fingerprint density at radius 1 is 1.07 bits per heavy atom. The van der Waals surface area contributed by atoms with Gasteiger partial charge in [0, 0.05) is 5.69 Å². The molecule has 0 aliphatic carbocycles. The first-order chi connectivity index (χ1) is 13.0. The Bertz CT molecular complexity index is 816. The van der Waals surface area contributed by atoms with Gasteiger partial charge in [-0.2, -0.15) is 5.10 Å². The van der Waals surface area contributed by atoms with Crippen LogP contribution in [0.3, 0.4) is 0 Å². The summed E-state index contributed by atoms with van der Waals surface area (Å²) in [6.45, 7) is 4.34. The maximum atomic E-state index is 11.9. The zero-order valence-corrected chi connectivity index (χ0v) is 15.6. The van der Waals surface area contributed by atoms with Gasteiger partial charge in [-0.15, -0.1) is 0 Å². The third-order valence-electron chi connectivity index (χ3n) is 3.55. The molecule has 7 nitrogen and oxygen atoms in total. The molecule has 0 bridgehead atoms. The molecule has 0 saturated carbocycles. The first-order valence-electron chi connectivity index (χ1n) is 8.51. The fourth-order valence-electron chi connectivity index (χ4n) is 2.25. The minimum Gasteiger partial charge on any atom is -0.493 e. The Kier molecular flexibility index (Phi) is 7.37. The normalized spacial score (nSPS) is 10.5. The molecule has 2 aromatic rings. The van der Waals surface area contributed by atoms with Gasteiger partial charge in [-0.3, -0.25) is 9.59 Å². The van der Waals surface area contributed by atoms with Crippen LogP contribution in [0.1, 0.15) is 24.5 Å². The lowest BCUT2D eigenvalue weighted by molar-refractivity contribution is -0.126. The van der Waals surface area contributed by atoms with Gasteiger partial charge in [0.05, 0.1) is 19.9 Å². The average Bonchev–Trinajstić information content (AvgIpc) is 2.64. The van der Waals surface area contributed by atoms with E-state index >= 15 is 0 Å². The summed E-state index contributed by atoms with van der Waals surface area (Å²) in [5.41, 5.74) is 4.79. The number of hydrogen-bond donors (Lipinski definition) is 2. The molecule has 0 unspecified atom stereocenters. The van der Waals surface area contributed by atoms with Crippen LogP contribution in [-0.4, -0.2) is 31.7 Å². The molecule has 0 aliphatic rings. The third kappa shape index (κ3) is 6.47. The molecule has 142 valence electrons. The Hall–Kier alpha value is -3.35. The van der Waals surface area contributed by atoms with Crippen LogP contribution < -0.4 is 20.2 Å². The predicted molar refractivity (Wildman–Crippen MR) is 104 cm³/mol. The van der Waals surface area contributed by atoms with Crippen molar-refractivity contribution in [3.05, 3.63) is 53.6 Å². The quantitative estimate of drug-likeness (QED) is 0.425. The number of benzene rings is 2. The molecule has 0 fully saturated rings. The Morgan fingerprint density at radius 2 is 1.81 bits per heavy atom. The summed E-state index contributed by atoms with van der Waals surface area (Å²) in [5.74, 6) is 0.294. The zero-order chi connectivity index (χ0) is 19.6. The zero-order valence-electron chi connectivity index (χ0n) is 15.6. The molecule has 0 saturated heterocycles. The van der Waals surface area contributed by atoms with Gasteiger partial charge in [0.25, 0.3) is 0 Å². The number of nitrogens with one attached hydrogen (secondary N) is 2. The first-order valence-corrected chi connectivity index (χ1v) is 8.51.